The van der Waals surface area contributed by atoms with Crippen molar-refractivity contribution in [3.8, 4) is 0 Å². The lowest BCUT2D eigenvalue weighted by atomic mass is 10.2. The Morgan fingerprint density at radius 1 is 1.39 bits per heavy atom. The fraction of sp³-hybridized carbons (Fsp3) is 0.143. The Morgan fingerprint density at radius 2 is 2.11 bits per heavy atom. The molecule has 1 N–H and O–H groups in total. The molecule has 0 aliphatic carbocycles. The monoisotopic (exact) mass is 243 g/mol. The van der Waals surface area contributed by atoms with Gasteiger partial charge in [-0.3, -0.25) is 0 Å². The number of ether oxygens (including phenoxy) is 1. The highest BCUT2D eigenvalue weighted by molar-refractivity contribution is 5.53. The average Bonchev–Trinajstić information content (AvgIpc) is 2.41. The molecule has 0 spiro atoms. The number of allylic oxidation sites excluding steroid dienone is 2. The van der Waals surface area contributed by atoms with Crippen molar-refractivity contribution in [1.82, 2.24) is 0 Å². The zero-order valence-electron chi connectivity index (χ0n) is 10.2. The molecule has 0 fully saturated rings. The Bertz CT molecular complexity index is 496. The van der Waals surface area contributed by atoms with Gasteiger partial charge in [-0.1, -0.05) is 42.5 Å². The van der Waals surface area contributed by atoms with Crippen LogP contribution in [0.5, 0.6) is 0 Å². The molecule has 92 valence electrons. The maximum Gasteiger partial charge on any atom is 0.464 e. The fourth-order valence-corrected chi connectivity index (χ4v) is 1.18. The van der Waals surface area contributed by atoms with Gasteiger partial charge in [-0.25, -0.2) is 0 Å². The number of nitrogens with zero attached hydrogens (tertiary/aromatic N) is 2. The Balaban J connectivity index is 2.75. The van der Waals surface area contributed by atoms with Gasteiger partial charge >= 0.3 is 11.6 Å². The van der Waals surface area contributed by atoms with Crippen LogP contribution in [0, 0.1) is 5.39 Å². The van der Waals surface area contributed by atoms with Gasteiger partial charge in [-0.05, 0) is 18.6 Å². The first-order chi connectivity index (χ1) is 8.77. The molecule has 0 radical (unpaired) electrons. The third kappa shape index (κ3) is 4.54. The summed E-state index contributed by atoms with van der Waals surface area (Å²) in [5.74, 6) is -0.414. The normalized spacial score (nSPS) is 12.4. The molecule has 0 aliphatic heterocycles. The van der Waals surface area contributed by atoms with E-state index >= 15 is 0 Å². The quantitative estimate of drug-likeness (QED) is 0.369. The van der Waals surface area contributed by atoms with Gasteiger partial charge in [-0.2, -0.15) is 0 Å². The molecule has 0 aromatic heterocycles. The maximum absolute atomic E-state index is 9.53. The second-order valence-corrected chi connectivity index (χ2v) is 3.41. The van der Waals surface area contributed by atoms with Gasteiger partial charge in [0, 0.05) is 6.08 Å². The molecule has 4 heteroatoms. The molecule has 1 rings (SSSR count). The molecule has 0 heterocycles. The van der Waals surface area contributed by atoms with E-state index in [4.69, 9.17) is 10.1 Å². The van der Waals surface area contributed by atoms with E-state index in [2.05, 4.69) is 4.98 Å². The summed E-state index contributed by atoms with van der Waals surface area (Å²) in [6.45, 7) is 2.07. The summed E-state index contributed by atoms with van der Waals surface area (Å²) in [4.78, 5) is 2.98. The minimum absolute atomic E-state index is 0.0247. The number of hydrogen-bond acceptors (Lipinski definition) is 3. The summed E-state index contributed by atoms with van der Waals surface area (Å²) >= 11 is 0. The van der Waals surface area contributed by atoms with Gasteiger partial charge < -0.3 is 9.84 Å². The van der Waals surface area contributed by atoms with Crippen molar-refractivity contribution in [3.05, 3.63) is 70.7 Å². The molecule has 0 atom stereocenters. The van der Waals surface area contributed by atoms with Crippen molar-refractivity contribution >= 4 is 6.08 Å². The van der Waals surface area contributed by atoms with Gasteiger partial charge in [0.2, 0.25) is 5.39 Å². The van der Waals surface area contributed by atoms with Crippen molar-refractivity contribution in [2.24, 2.45) is 0 Å². The molecular formula is C14H15N2O2+. The van der Waals surface area contributed by atoms with Crippen LogP contribution in [0.3, 0.4) is 0 Å². The van der Waals surface area contributed by atoms with Gasteiger partial charge in [0.05, 0.1) is 0 Å². The summed E-state index contributed by atoms with van der Waals surface area (Å²) in [7, 11) is 0. The van der Waals surface area contributed by atoms with Crippen LogP contribution in [0.1, 0.15) is 12.5 Å². The number of aliphatic hydroxyl groups excluding tert-OH is 1. The molecular weight excluding hydrogens is 228 g/mol. The van der Waals surface area contributed by atoms with E-state index < -0.39 is 5.95 Å². The SMILES string of the molecule is C/C=C\CO/C(O)=C(/C=C/c1ccccc1)[N+]#N. The average molecular weight is 243 g/mol. The highest BCUT2D eigenvalue weighted by Crippen LogP contribution is 2.10. The van der Waals surface area contributed by atoms with Crippen LogP contribution in [0.15, 0.2) is 60.2 Å². The Kier molecular flexibility index (Phi) is 5.78. The van der Waals surface area contributed by atoms with E-state index in [0.717, 1.165) is 5.56 Å². The largest absolute Gasteiger partial charge is 0.475 e. The van der Waals surface area contributed by atoms with Crippen LogP contribution in [0.2, 0.25) is 0 Å². The number of hydrogen-bond donors (Lipinski definition) is 1. The van der Waals surface area contributed by atoms with E-state index in [0.29, 0.717) is 0 Å². The van der Waals surface area contributed by atoms with Gasteiger partial charge in [0.25, 0.3) is 0 Å². The second-order valence-electron chi connectivity index (χ2n) is 3.41. The predicted molar refractivity (Wildman–Crippen MR) is 71.0 cm³/mol. The van der Waals surface area contributed by atoms with E-state index in [1.807, 2.05) is 37.3 Å². The van der Waals surface area contributed by atoms with Crippen LogP contribution in [-0.4, -0.2) is 11.7 Å². The minimum atomic E-state index is -0.414. The number of rotatable bonds is 5. The first-order valence-electron chi connectivity index (χ1n) is 5.53. The van der Waals surface area contributed by atoms with Crippen molar-refractivity contribution < 1.29 is 9.84 Å². The van der Waals surface area contributed by atoms with Crippen molar-refractivity contribution in [2.45, 2.75) is 6.92 Å². The molecule has 0 aliphatic rings. The Labute approximate surface area is 106 Å². The highest BCUT2D eigenvalue weighted by atomic mass is 16.6. The lowest BCUT2D eigenvalue weighted by Crippen LogP contribution is -1.93. The summed E-state index contributed by atoms with van der Waals surface area (Å²) in [6.07, 6.45) is 6.71. The lowest BCUT2D eigenvalue weighted by Gasteiger charge is -1.96. The zero-order chi connectivity index (χ0) is 13.2. The molecule has 0 unspecified atom stereocenters. The van der Waals surface area contributed by atoms with Gasteiger partial charge in [-0.15, -0.1) is 0 Å². The number of benzene rings is 1. The van der Waals surface area contributed by atoms with Gasteiger partial charge in [0.1, 0.15) is 6.61 Å². The summed E-state index contributed by atoms with van der Waals surface area (Å²) in [5, 5.41) is 18.3. The summed E-state index contributed by atoms with van der Waals surface area (Å²) < 4.78 is 4.97. The highest BCUT2D eigenvalue weighted by Gasteiger charge is 2.16. The number of diazo groups is 1. The van der Waals surface area contributed by atoms with Crippen molar-refractivity contribution in [1.29, 1.82) is 5.39 Å². The summed E-state index contributed by atoms with van der Waals surface area (Å²) in [5.41, 5.74) is 0.906. The topological polar surface area (TPSA) is 57.6 Å². The first kappa shape index (κ1) is 13.5. The minimum Gasteiger partial charge on any atom is -0.475 e. The smallest absolute Gasteiger partial charge is 0.464 e. The van der Waals surface area contributed by atoms with E-state index in [1.165, 1.54) is 6.08 Å². The molecule has 0 amide bonds. The predicted octanol–water partition coefficient (Wildman–Crippen LogP) is 3.87. The van der Waals surface area contributed by atoms with Crippen LogP contribution < -0.4 is 0 Å². The van der Waals surface area contributed by atoms with Crippen LogP contribution >= 0.6 is 0 Å². The lowest BCUT2D eigenvalue weighted by molar-refractivity contribution is 0.110. The molecule has 0 saturated heterocycles. The maximum atomic E-state index is 9.53. The third-order valence-corrected chi connectivity index (χ3v) is 2.11. The van der Waals surface area contributed by atoms with Crippen LogP contribution in [0.4, 0.5) is 0 Å². The van der Waals surface area contributed by atoms with E-state index in [9.17, 15) is 5.11 Å². The molecule has 0 bridgehead atoms. The standard InChI is InChI=1S/C14H14N2O2/c1-2-3-11-18-14(17)13(16-15)10-9-12-7-5-4-6-8-12/h2-10H,11H2,1H3/p+1/b3-2-,10-9+,14-13-. The number of aliphatic hydroxyl groups is 1. The Hall–Kier alpha value is -2.54. The Morgan fingerprint density at radius 3 is 2.72 bits per heavy atom. The summed E-state index contributed by atoms with van der Waals surface area (Å²) in [6, 6.07) is 9.47. The van der Waals surface area contributed by atoms with Crippen LogP contribution in [-0.2, 0) is 4.74 Å². The van der Waals surface area contributed by atoms with E-state index in [-0.39, 0.29) is 12.3 Å². The van der Waals surface area contributed by atoms with E-state index in [1.54, 1.807) is 18.2 Å². The first-order valence-corrected chi connectivity index (χ1v) is 5.53. The molecule has 4 nitrogen and oxygen atoms in total. The van der Waals surface area contributed by atoms with Crippen molar-refractivity contribution in [2.75, 3.05) is 6.61 Å². The van der Waals surface area contributed by atoms with Gasteiger partial charge in [0.15, 0.2) is 4.98 Å². The second kappa shape index (κ2) is 7.69. The fourth-order valence-electron chi connectivity index (χ4n) is 1.18. The molecule has 0 saturated carbocycles. The third-order valence-electron chi connectivity index (χ3n) is 2.11. The van der Waals surface area contributed by atoms with Crippen molar-refractivity contribution in [3.63, 3.8) is 0 Å². The zero-order valence-corrected chi connectivity index (χ0v) is 10.2. The van der Waals surface area contributed by atoms with Crippen LogP contribution in [0.25, 0.3) is 11.1 Å². The molecule has 18 heavy (non-hydrogen) atoms. The molecule has 1 aromatic rings. The molecule has 1 aromatic carbocycles.